The molecule has 4 amide bonds. The lowest BCUT2D eigenvalue weighted by Gasteiger charge is -2.29. The van der Waals surface area contributed by atoms with Crippen molar-refractivity contribution in [3.63, 3.8) is 0 Å². The van der Waals surface area contributed by atoms with Crippen molar-refractivity contribution in [2.45, 2.75) is 63.1 Å². The summed E-state index contributed by atoms with van der Waals surface area (Å²) in [7, 11) is -4.64. The van der Waals surface area contributed by atoms with Gasteiger partial charge in [-0.25, -0.2) is 11.0 Å². The number of aromatic nitrogens is 1. The molecule has 6 N–H and O–H groups in total. The predicted molar refractivity (Wildman–Crippen MR) is 210 cm³/mol. The minimum absolute atomic E-state index is 0.000163. The second kappa shape index (κ2) is 19.9. The van der Waals surface area contributed by atoms with Gasteiger partial charge in [0, 0.05) is 30.6 Å². The maximum Gasteiger partial charge on any atom is 0.294 e. The normalized spacial score (nSPS) is 17.9. The van der Waals surface area contributed by atoms with E-state index in [1.54, 1.807) is 41.9 Å². The van der Waals surface area contributed by atoms with E-state index in [0.29, 0.717) is 25.2 Å². The number of nitrogens with zero attached hydrogens (tertiary/aromatic N) is 3. The minimum atomic E-state index is -4.64. The van der Waals surface area contributed by atoms with Gasteiger partial charge in [-0.3, -0.25) is 33.9 Å². The summed E-state index contributed by atoms with van der Waals surface area (Å²) in [5.74, 6) is -3.53. The van der Waals surface area contributed by atoms with E-state index in [2.05, 4.69) is 20.7 Å². The van der Waals surface area contributed by atoms with Crippen LogP contribution in [0.4, 0.5) is 0 Å². The molecule has 0 spiro atoms. The summed E-state index contributed by atoms with van der Waals surface area (Å²) in [6.45, 7) is 3.90. The molecule has 0 saturated carbocycles. The molecule has 4 unspecified atom stereocenters. The minimum Gasteiger partial charge on any atom is -0.494 e. The van der Waals surface area contributed by atoms with E-state index in [-0.39, 0.29) is 48.8 Å². The zero-order chi connectivity index (χ0) is 41.8. The Balaban J connectivity index is 1.41. The van der Waals surface area contributed by atoms with Gasteiger partial charge in [-0.05, 0) is 66.6 Å². The van der Waals surface area contributed by atoms with Crippen LogP contribution < -0.4 is 20.9 Å². The number of benzene rings is 3. The van der Waals surface area contributed by atoms with Crippen LogP contribution in [0.5, 0.6) is 5.75 Å². The third-order valence-corrected chi connectivity index (χ3v) is 10.7. The number of hydrogen-bond donors (Lipinski definition) is 6. The molecule has 3 aromatic carbocycles. The van der Waals surface area contributed by atoms with Crippen LogP contribution in [0.1, 0.15) is 71.9 Å². The summed E-state index contributed by atoms with van der Waals surface area (Å²) < 4.78 is 39.7. The van der Waals surface area contributed by atoms with Crippen molar-refractivity contribution in [3.8, 4) is 5.75 Å². The van der Waals surface area contributed by atoms with Crippen molar-refractivity contribution in [1.29, 1.82) is 5.53 Å². The second-order valence-electron chi connectivity index (χ2n) is 14.4. The first-order valence-corrected chi connectivity index (χ1v) is 20.2. The Labute approximate surface area is 336 Å². The fourth-order valence-electron chi connectivity index (χ4n) is 6.91. The Morgan fingerprint density at radius 1 is 1.00 bits per heavy atom. The average molecular weight is 814 g/mol. The molecule has 16 nitrogen and oxygen atoms in total. The molecule has 0 saturated heterocycles. The van der Waals surface area contributed by atoms with Crippen LogP contribution in [-0.4, -0.2) is 71.0 Å². The molecule has 4 aromatic rings. The maximum absolute atomic E-state index is 14.1. The molecule has 0 aliphatic carbocycles. The van der Waals surface area contributed by atoms with Crippen molar-refractivity contribution >= 4 is 33.7 Å². The smallest absolute Gasteiger partial charge is 0.294 e. The van der Waals surface area contributed by atoms with Crippen molar-refractivity contribution in [1.82, 2.24) is 26.0 Å². The van der Waals surface area contributed by atoms with E-state index < -0.39 is 62.6 Å². The molecule has 58 heavy (non-hydrogen) atoms. The molecule has 0 fully saturated rings. The van der Waals surface area contributed by atoms with E-state index in [4.69, 9.17) is 10.3 Å². The van der Waals surface area contributed by atoms with Gasteiger partial charge >= 0.3 is 0 Å². The average Bonchev–Trinajstić information content (AvgIpc) is 3.21. The number of hydrogen-bond acceptors (Lipinski definition) is 11. The van der Waals surface area contributed by atoms with Gasteiger partial charge in [-0.2, -0.15) is 13.5 Å². The number of rotatable bonds is 13. The van der Waals surface area contributed by atoms with Gasteiger partial charge in [-0.15, -0.1) is 0 Å². The monoisotopic (exact) mass is 813 g/mol. The van der Waals surface area contributed by atoms with E-state index in [9.17, 15) is 37.4 Å². The van der Waals surface area contributed by atoms with Crippen molar-refractivity contribution in [2.75, 3.05) is 13.3 Å². The molecule has 1 aromatic heterocycles. The highest BCUT2D eigenvalue weighted by Gasteiger charge is 2.36. The van der Waals surface area contributed by atoms with Gasteiger partial charge in [0.1, 0.15) is 17.8 Å². The zero-order valence-corrected chi connectivity index (χ0v) is 32.9. The second-order valence-corrected chi connectivity index (χ2v) is 15.8. The molecular weight excluding hydrogens is 767 g/mol. The number of fused-ring (bicyclic) bond motifs is 11. The molecule has 17 heteroatoms. The number of carbonyl (C=O) groups is 4. The van der Waals surface area contributed by atoms with Gasteiger partial charge in [0.05, 0.1) is 35.3 Å². The highest BCUT2D eigenvalue weighted by atomic mass is 32.2. The van der Waals surface area contributed by atoms with Crippen LogP contribution in [-0.2, 0) is 37.5 Å². The van der Waals surface area contributed by atoms with E-state index in [1.807, 2.05) is 32.0 Å². The molecule has 4 atom stereocenters. The molecule has 2 aliphatic rings. The molecule has 306 valence electrons. The number of hydroxylamine groups is 1. The summed E-state index contributed by atoms with van der Waals surface area (Å²) in [5.41, 5.74) is 11.2. The predicted octanol–water partition coefficient (Wildman–Crippen LogP) is 4.85. The number of pyridine rings is 1. The number of nitrogens with one attached hydrogen (secondary N) is 4. The van der Waals surface area contributed by atoms with Gasteiger partial charge in [-0.1, -0.05) is 74.5 Å². The van der Waals surface area contributed by atoms with Crippen LogP contribution in [0, 0.1) is 23.3 Å². The van der Waals surface area contributed by atoms with Crippen LogP contribution in [0.3, 0.4) is 0 Å². The van der Waals surface area contributed by atoms with Crippen molar-refractivity contribution < 1.29 is 42.1 Å². The molecule has 0 radical (unpaired) electrons. The van der Waals surface area contributed by atoms with Crippen LogP contribution in [0.15, 0.2) is 107 Å². The summed E-state index contributed by atoms with van der Waals surface area (Å²) in [6.07, 6.45) is 2.31. The van der Waals surface area contributed by atoms with Gasteiger partial charge in [0.2, 0.25) is 17.7 Å². The summed E-state index contributed by atoms with van der Waals surface area (Å²) in [6, 6.07) is 22.3. The van der Waals surface area contributed by atoms with Gasteiger partial charge in [0.15, 0.2) is 0 Å². The fraction of sp³-hybridized carbons (Fsp3) is 0.341. The summed E-state index contributed by atoms with van der Waals surface area (Å²) in [5, 5.41) is 18.8. The zero-order valence-electron chi connectivity index (χ0n) is 32.1. The van der Waals surface area contributed by atoms with E-state index in [1.165, 1.54) is 47.5 Å². The molecule has 2 bridgehead atoms. The maximum atomic E-state index is 14.1. The Bertz CT molecular complexity index is 2170. The van der Waals surface area contributed by atoms with Gasteiger partial charge in [0.25, 0.3) is 16.0 Å². The summed E-state index contributed by atoms with van der Waals surface area (Å²) in [4.78, 5) is 60.4. The first-order chi connectivity index (χ1) is 27.8. The Morgan fingerprint density at radius 3 is 2.34 bits per heavy atom. The lowest BCUT2D eigenvalue weighted by molar-refractivity contribution is -0.142. The van der Waals surface area contributed by atoms with Gasteiger partial charge < -0.3 is 20.3 Å². The number of ether oxygens (including phenoxy) is 1. The number of carbonyl (C=O) groups excluding carboxylic acids is 4. The Morgan fingerprint density at radius 2 is 1.71 bits per heavy atom. The molecule has 2 aliphatic heterocycles. The van der Waals surface area contributed by atoms with E-state index in [0.717, 1.165) is 11.1 Å². The highest BCUT2D eigenvalue weighted by molar-refractivity contribution is 7.85. The Kier molecular flexibility index (Phi) is 14.8. The molecule has 3 heterocycles. The highest BCUT2D eigenvalue weighted by Crippen LogP contribution is 2.30. The number of amides is 4. The third-order valence-electron chi connectivity index (χ3n) is 9.80. The van der Waals surface area contributed by atoms with Crippen LogP contribution in [0.25, 0.3) is 0 Å². The molecule has 6 rings (SSSR count). The Hall–Kier alpha value is -6.04. The van der Waals surface area contributed by atoms with Crippen molar-refractivity contribution in [2.24, 2.45) is 22.9 Å². The quantitative estimate of drug-likeness (QED) is 0.0353. The standard InChI is InChI=1S/C41H47N7O9S/c1-26(2)21-33-31(39(50)47-53)12-8-20-57-30-17-14-27(15-18-30)22-35(45-38(33)49)40(51)44-25-48(24-28-9-4-3-5-10-28)41(52)29-16-19-34(43-23-29)37(46-42)32-11-6-7-13-36(32)58(54,55)56/h3-7,9-11,13-19,23,26,31,33,35,37,42,53H,8,12,20-22,24-25H2,1-2H3,(H,44,51)(H,45,49)(H,47,50)(H,54,55,56). The fourth-order valence-corrected chi connectivity index (χ4v) is 7.64. The lowest BCUT2D eigenvalue weighted by Crippen LogP contribution is -2.53. The lowest BCUT2D eigenvalue weighted by atomic mass is 9.81. The van der Waals surface area contributed by atoms with Crippen LogP contribution >= 0.6 is 0 Å². The largest absolute Gasteiger partial charge is 0.494 e. The first kappa shape index (κ1) is 43.1. The SMILES string of the molecule is CC(C)CC1C(=O)NC(C(=O)NCN(Cc2ccccc2)C(=O)c2ccc(C(N=N)c3ccccc3S(=O)(=O)O)nc2)Cc2ccc(cc2)OCCCC1C(=O)NO. The first-order valence-electron chi connectivity index (χ1n) is 18.7. The van der Waals surface area contributed by atoms with E-state index >= 15 is 0 Å². The summed E-state index contributed by atoms with van der Waals surface area (Å²) >= 11 is 0. The van der Waals surface area contributed by atoms with Crippen LogP contribution in [0.2, 0.25) is 0 Å². The molecular formula is C41H47N7O9S. The topological polar surface area (TPSA) is 241 Å². The third kappa shape index (κ3) is 11.3. The van der Waals surface area contributed by atoms with Crippen molar-refractivity contribution in [3.05, 3.63) is 125 Å².